The first-order valence-corrected chi connectivity index (χ1v) is 11.6. The number of oxime groups is 1. The highest BCUT2D eigenvalue weighted by atomic mass is 16.6. The normalized spacial score (nSPS) is 23.7. The van der Waals surface area contributed by atoms with E-state index in [2.05, 4.69) is 25.4 Å². The predicted molar refractivity (Wildman–Crippen MR) is 128 cm³/mol. The molecule has 1 aliphatic heterocycles. The van der Waals surface area contributed by atoms with Crippen LogP contribution in [0.1, 0.15) is 39.3 Å². The maximum atomic E-state index is 10.7. The highest BCUT2D eigenvalue weighted by Crippen LogP contribution is 2.36. The molecule has 0 aromatic carbocycles. The third kappa shape index (κ3) is 6.27. The van der Waals surface area contributed by atoms with Gasteiger partial charge in [0.1, 0.15) is 31.4 Å². The lowest BCUT2D eigenvalue weighted by atomic mass is 10.1. The van der Waals surface area contributed by atoms with Gasteiger partial charge in [0.2, 0.25) is 11.8 Å². The van der Waals surface area contributed by atoms with Crippen LogP contribution in [0.15, 0.2) is 11.5 Å². The van der Waals surface area contributed by atoms with Gasteiger partial charge < -0.3 is 40.7 Å². The Morgan fingerprint density at radius 3 is 2.83 bits per heavy atom. The number of fused-ring (bicyclic) bond motifs is 1. The summed E-state index contributed by atoms with van der Waals surface area (Å²) in [6.07, 6.45) is -2.27. The van der Waals surface area contributed by atoms with Gasteiger partial charge >= 0.3 is 0 Å². The number of nitrogens with one attached hydrogen (secondary N) is 1. The van der Waals surface area contributed by atoms with E-state index in [4.69, 9.17) is 20.0 Å². The van der Waals surface area contributed by atoms with Crippen molar-refractivity contribution < 1.29 is 29.6 Å². The molecule has 0 bridgehead atoms. The van der Waals surface area contributed by atoms with E-state index < -0.39 is 30.8 Å². The number of nitrogens with two attached hydrogens (primary N) is 1. The zero-order valence-electron chi connectivity index (χ0n) is 20.5. The molecule has 2 aromatic heterocycles. The number of hydrogen-bond donors (Lipinski definition) is 5. The number of aromatic nitrogens is 4. The SMILES string of the molecule is CCO/C(C)=N\OCCCCN(C)C(O)C[C@H]1O[C@@H](n2c(NC)nc3c(N)ncnc32)[C@H](O)[C@@H]1O. The summed E-state index contributed by atoms with van der Waals surface area (Å²) in [7, 11) is 3.44. The molecule has 2 aromatic rings. The molecule has 0 spiro atoms. The summed E-state index contributed by atoms with van der Waals surface area (Å²) < 4.78 is 12.7. The molecule has 1 unspecified atom stereocenters. The summed E-state index contributed by atoms with van der Waals surface area (Å²) in [5.74, 6) is 1.02. The first kappa shape index (κ1) is 26.8. The summed E-state index contributed by atoms with van der Waals surface area (Å²) in [5, 5.41) is 38.8. The van der Waals surface area contributed by atoms with Gasteiger partial charge in [-0.25, -0.2) is 15.0 Å². The summed E-state index contributed by atoms with van der Waals surface area (Å²) in [6, 6.07) is 0. The van der Waals surface area contributed by atoms with Crippen LogP contribution in [0.2, 0.25) is 0 Å². The molecular weight excluding hydrogens is 460 g/mol. The van der Waals surface area contributed by atoms with Crippen molar-refractivity contribution in [2.24, 2.45) is 5.16 Å². The van der Waals surface area contributed by atoms with E-state index >= 15 is 0 Å². The van der Waals surface area contributed by atoms with Gasteiger partial charge in [0, 0.05) is 26.9 Å². The number of anilines is 2. The number of nitrogens with zero attached hydrogens (tertiary/aromatic N) is 6. The highest BCUT2D eigenvalue weighted by Gasteiger charge is 2.46. The fraction of sp³-hybridized carbons (Fsp3) is 0.714. The predicted octanol–water partition coefficient (Wildman–Crippen LogP) is -0.124. The number of rotatable bonds is 12. The van der Waals surface area contributed by atoms with Crippen LogP contribution in [-0.4, -0.2) is 104 Å². The standard InChI is InChI=1S/C21H36N8O6/c1-5-33-12(2)27-34-9-7-6-8-28(4)14(30)10-13-16(31)17(32)20(35-13)29-19-15(26-21(29)23-3)18(22)24-11-25-19/h11,13-14,16-17,20,30-32H,5-10H2,1-4H3,(H,23,26)(H2,22,24,25)/b27-12-/t13-,14?,16-,17-,20-/m1/s1. The monoisotopic (exact) mass is 496 g/mol. The number of imidazole rings is 1. The average molecular weight is 497 g/mol. The van der Waals surface area contributed by atoms with Crippen molar-refractivity contribution in [1.82, 2.24) is 24.4 Å². The molecule has 0 radical (unpaired) electrons. The highest BCUT2D eigenvalue weighted by molar-refractivity contribution is 5.84. The Kier molecular flexibility index (Phi) is 9.40. The summed E-state index contributed by atoms with van der Waals surface area (Å²) in [5.41, 5.74) is 6.62. The smallest absolute Gasteiger partial charge is 0.222 e. The number of aliphatic hydroxyl groups excluding tert-OH is 3. The van der Waals surface area contributed by atoms with E-state index in [1.54, 1.807) is 25.9 Å². The minimum absolute atomic E-state index is 0.0954. The second kappa shape index (κ2) is 12.3. The van der Waals surface area contributed by atoms with Gasteiger partial charge in [-0.15, -0.1) is 0 Å². The maximum absolute atomic E-state index is 10.7. The minimum atomic E-state index is -1.27. The lowest BCUT2D eigenvalue weighted by molar-refractivity contribution is -0.0736. The number of unbranched alkanes of at least 4 members (excludes halogenated alkanes) is 1. The van der Waals surface area contributed by atoms with Crippen molar-refractivity contribution in [1.29, 1.82) is 0 Å². The molecular formula is C21H36N8O6. The van der Waals surface area contributed by atoms with Crippen LogP contribution in [0.4, 0.5) is 11.8 Å². The van der Waals surface area contributed by atoms with Gasteiger partial charge in [-0.2, -0.15) is 0 Å². The number of aliphatic hydroxyl groups is 3. The minimum Gasteiger partial charge on any atom is -0.479 e. The first-order chi connectivity index (χ1) is 16.8. The van der Waals surface area contributed by atoms with E-state index in [1.165, 1.54) is 10.9 Å². The Labute approximate surface area is 203 Å². The van der Waals surface area contributed by atoms with E-state index in [1.807, 2.05) is 6.92 Å². The largest absolute Gasteiger partial charge is 0.479 e. The van der Waals surface area contributed by atoms with Gasteiger partial charge in [-0.1, -0.05) is 5.16 Å². The lowest BCUT2D eigenvalue weighted by Crippen LogP contribution is -2.39. The van der Waals surface area contributed by atoms with Crippen molar-refractivity contribution in [2.75, 3.05) is 44.9 Å². The number of ether oxygens (including phenoxy) is 2. The van der Waals surface area contributed by atoms with Crippen LogP contribution in [0, 0.1) is 0 Å². The van der Waals surface area contributed by atoms with Crippen molar-refractivity contribution in [3.05, 3.63) is 6.33 Å². The zero-order chi connectivity index (χ0) is 25.5. The van der Waals surface area contributed by atoms with Gasteiger partial charge in [-0.05, 0) is 26.8 Å². The number of hydrogen-bond acceptors (Lipinski definition) is 13. The maximum Gasteiger partial charge on any atom is 0.222 e. The zero-order valence-corrected chi connectivity index (χ0v) is 20.5. The molecule has 1 aliphatic rings. The van der Waals surface area contributed by atoms with Gasteiger partial charge in [0.15, 0.2) is 23.2 Å². The molecule has 0 amide bonds. The van der Waals surface area contributed by atoms with Crippen molar-refractivity contribution in [3.63, 3.8) is 0 Å². The fourth-order valence-electron chi connectivity index (χ4n) is 3.92. The van der Waals surface area contributed by atoms with Crippen LogP contribution in [0.5, 0.6) is 0 Å². The molecule has 0 saturated carbocycles. The number of nitrogen functional groups attached to an aromatic ring is 1. The molecule has 3 heterocycles. The molecule has 14 nitrogen and oxygen atoms in total. The second-order valence-corrected chi connectivity index (χ2v) is 8.31. The quantitative estimate of drug-likeness (QED) is 0.0863. The molecule has 14 heteroatoms. The molecule has 3 rings (SSSR count). The van der Waals surface area contributed by atoms with Crippen molar-refractivity contribution in [2.45, 2.75) is 63.9 Å². The Morgan fingerprint density at radius 2 is 2.11 bits per heavy atom. The first-order valence-electron chi connectivity index (χ1n) is 11.6. The Balaban J connectivity index is 1.55. The molecule has 1 saturated heterocycles. The summed E-state index contributed by atoms with van der Waals surface area (Å²) >= 11 is 0. The lowest BCUT2D eigenvalue weighted by Gasteiger charge is -2.26. The van der Waals surface area contributed by atoms with Gasteiger partial charge in [-0.3, -0.25) is 9.47 Å². The summed E-state index contributed by atoms with van der Waals surface area (Å²) in [4.78, 5) is 19.5. The Bertz CT molecular complexity index is 988. The van der Waals surface area contributed by atoms with Gasteiger partial charge in [0.05, 0.1) is 12.7 Å². The van der Waals surface area contributed by atoms with Crippen LogP contribution in [0.3, 0.4) is 0 Å². The van der Waals surface area contributed by atoms with Crippen molar-refractivity contribution in [3.8, 4) is 0 Å². The molecule has 196 valence electrons. The molecule has 5 atom stereocenters. The molecule has 35 heavy (non-hydrogen) atoms. The van der Waals surface area contributed by atoms with Crippen LogP contribution in [0.25, 0.3) is 11.2 Å². The second-order valence-electron chi connectivity index (χ2n) is 8.31. The van der Waals surface area contributed by atoms with Crippen LogP contribution >= 0.6 is 0 Å². The topological polar surface area (TPSA) is 186 Å². The Hall–Kier alpha value is -2.78. The van der Waals surface area contributed by atoms with Crippen LogP contribution in [-0.2, 0) is 14.3 Å². The van der Waals surface area contributed by atoms with Crippen LogP contribution < -0.4 is 11.1 Å². The van der Waals surface area contributed by atoms with E-state index in [-0.39, 0.29) is 12.2 Å². The molecule has 1 fully saturated rings. The van der Waals surface area contributed by atoms with E-state index in [9.17, 15) is 15.3 Å². The molecule has 0 aliphatic carbocycles. The summed E-state index contributed by atoms with van der Waals surface area (Å²) in [6.45, 7) is 5.18. The third-order valence-electron chi connectivity index (χ3n) is 5.82. The van der Waals surface area contributed by atoms with E-state index in [0.29, 0.717) is 42.8 Å². The average Bonchev–Trinajstić information content (AvgIpc) is 3.34. The third-order valence-corrected chi connectivity index (χ3v) is 5.82. The van der Waals surface area contributed by atoms with Crippen molar-refractivity contribution >= 4 is 28.8 Å². The fourth-order valence-corrected chi connectivity index (χ4v) is 3.92. The van der Waals surface area contributed by atoms with E-state index in [0.717, 1.165) is 12.8 Å². The van der Waals surface area contributed by atoms with Gasteiger partial charge in [0.25, 0.3) is 0 Å². The molecule has 6 N–H and O–H groups in total. The Morgan fingerprint density at radius 1 is 1.34 bits per heavy atom.